The Balaban J connectivity index is 0.000000137. The molecule has 2 nitrogen and oxygen atoms in total. The third kappa shape index (κ3) is 6.10. The van der Waals surface area contributed by atoms with E-state index in [0.717, 1.165) is 11.0 Å². The van der Waals surface area contributed by atoms with E-state index in [2.05, 4.69) is 143 Å². The average molecular weight is 589 g/mol. The van der Waals surface area contributed by atoms with Gasteiger partial charge in [0.1, 0.15) is 0 Å². The Hall–Kier alpha value is -6.12. The summed E-state index contributed by atoms with van der Waals surface area (Å²) in [4.78, 5) is 8.36. The van der Waals surface area contributed by atoms with Crippen molar-refractivity contribution in [3.05, 3.63) is 194 Å². The SMILES string of the molecule is c1ccc(-c2c3ccccc3c(-c3ccccc3)c3ccccc23)cc1.c1ccc2ncccc2c1.c1ccc2ncccc2c1. The summed E-state index contributed by atoms with van der Waals surface area (Å²) in [7, 11) is 0. The normalized spacial score (nSPS) is 10.6. The number of benzene rings is 7. The average Bonchev–Trinajstić information content (AvgIpc) is 3.15. The van der Waals surface area contributed by atoms with E-state index in [1.807, 2.05) is 60.9 Å². The molecule has 0 aliphatic carbocycles. The van der Waals surface area contributed by atoms with E-state index < -0.39 is 0 Å². The first-order chi connectivity index (χ1) is 22.9. The fraction of sp³-hybridized carbons (Fsp3) is 0. The summed E-state index contributed by atoms with van der Waals surface area (Å²) in [6.07, 6.45) is 3.62. The Morgan fingerprint density at radius 3 is 0.935 bits per heavy atom. The van der Waals surface area contributed by atoms with Crippen LogP contribution in [0.5, 0.6) is 0 Å². The molecule has 218 valence electrons. The summed E-state index contributed by atoms with van der Waals surface area (Å²) in [6, 6.07) is 63.1. The Labute approximate surface area is 269 Å². The molecular formula is C44H32N2. The molecule has 0 saturated carbocycles. The van der Waals surface area contributed by atoms with Crippen molar-refractivity contribution in [2.75, 3.05) is 0 Å². The van der Waals surface area contributed by atoms with Crippen molar-refractivity contribution in [3.63, 3.8) is 0 Å². The van der Waals surface area contributed by atoms with Crippen molar-refractivity contribution in [1.29, 1.82) is 0 Å². The van der Waals surface area contributed by atoms with Crippen LogP contribution in [0.15, 0.2) is 194 Å². The zero-order valence-corrected chi connectivity index (χ0v) is 25.4. The second-order valence-electron chi connectivity index (χ2n) is 11.0. The molecule has 0 radical (unpaired) electrons. The molecule has 7 aromatic carbocycles. The molecule has 0 atom stereocenters. The zero-order valence-electron chi connectivity index (χ0n) is 25.4. The minimum atomic E-state index is 1.06. The van der Waals surface area contributed by atoms with Gasteiger partial charge in [-0.2, -0.15) is 0 Å². The van der Waals surface area contributed by atoms with Crippen LogP contribution >= 0.6 is 0 Å². The molecule has 0 aliphatic heterocycles. The summed E-state index contributed by atoms with van der Waals surface area (Å²) in [5.74, 6) is 0. The van der Waals surface area contributed by atoms with E-state index in [0.29, 0.717) is 0 Å². The predicted molar refractivity (Wildman–Crippen MR) is 196 cm³/mol. The molecule has 46 heavy (non-hydrogen) atoms. The van der Waals surface area contributed by atoms with Crippen molar-refractivity contribution >= 4 is 43.4 Å². The smallest absolute Gasteiger partial charge is 0.0701 e. The quantitative estimate of drug-likeness (QED) is 0.188. The third-order valence-corrected chi connectivity index (χ3v) is 8.08. The van der Waals surface area contributed by atoms with Gasteiger partial charge in [-0.25, -0.2) is 0 Å². The highest BCUT2D eigenvalue weighted by atomic mass is 14.6. The molecule has 0 bridgehead atoms. The van der Waals surface area contributed by atoms with Crippen LogP contribution in [0.3, 0.4) is 0 Å². The van der Waals surface area contributed by atoms with Crippen LogP contribution in [0.1, 0.15) is 0 Å². The van der Waals surface area contributed by atoms with Crippen molar-refractivity contribution in [3.8, 4) is 22.3 Å². The summed E-state index contributed by atoms with van der Waals surface area (Å²) >= 11 is 0. The van der Waals surface area contributed by atoms with Gasteiger partial charge in [0.15, 0.2) is 0 Å². The number of fused-ring (bicyclic) bond motifs is 4. The number of aromatic nitrogens is 2. The van der Waals surface area contributed by atoms with Gasteiger partial charge in [0.25, 0.3) is 0 Å². The third-order valence-electron chi connectivity index (χ3n) is 8.08. The van der Waals surface area contributed by atoms with Crippen LogP contribution in [-0.4, -0.2) is 9.97 Å². The van der Waals surface area contributed by atoms with Crippen LogP contribution in [0.25, 0.3) is 65.6 Å². The van der Waals surface area contributed by atoms with E-state index in [1.165, 1.54) is 54.6 Å². The lowest BCUT2D eigenvalue weighted by Gasteiger charge is -2.17. The lowest BCUT2D eigenvalue weighted by Crippen LogP contribution is -1.90. The van der Waals surface area contributed by atoms with Gasteiger partial charge < -0.3 is 0 Å². The number of hydrogen-bond donors (Lipinski definition) is 0. The highest BCUT2D eigenvalue weighted by Gasteiger charge is 2.15. The number of rotatable bonds is 2. The van der Waals surface area contributed by atoms with Crippen molar-refractivity contribution in [2.45, 2.75) is 0 Å². The monoisotopic (exact) mass is 588 g/mol. The van der Waals surface area contributed by atoms with Crippen molar-refractivity contribution in [2.24, 2.45) is 0 Å². The Kier molecular flexibility index (Phi) is 8.51. The molecule has 2 heteroatoms. The fourth-order valence-electron chi connectivity index (χ4n) is 5.99. The minimum absolute atomic E-state index is 1.06. The highest BCUT2D eigenvalue weighted by molar-refractivity contribution is 6.21. The maximum Gasteiger partial charge on any atom is 0.0701 e. The second-order valence-corrected chi connectivity index (χ2v) is 11.0. The van der Waals surface area contributed by atoms with Crippen molar-refractivity contribution in [1.82, 2.24) is 9.97 Å². The van der Waals surface area contributed by atoms with Gasteiger partial charge in [-0.05, 0) is 68.1 Å². The van der Waals surface area contributed by atoms with Crippen LogP contribution < -0.4 is 0 Å². The fourth-order valence-corrected chi connectivity index (χ4v) is 5.99. The van der Waals surface area contributed by atoms with E-state index in [9.17, 15) is 0 Å². The Morgan fingerprint density at radius 2 is 0.565 bits per heavy atom. The van der Waals surface area contributed by atoms with Gasteiger partial charge in [-0.15, -0.1) is 0 Å². The first-order valence-electron chi connectivity index (χ1n) is 15.5. The Morgan fingerprint density at radius 1 is 0.261 bits per heavy atom. The molecule has 0 unspecified atom stereocenters. The standard InChI is InChI=1S/C26H18.2C9H7N/c1-3-11-19(12-4-1)25-21-15-7-9-17-23(21)26(20-13-5-2-6-14-20)24-18-10-8-16-22(24)25;2*1-2-6-9-8(4-1)5-3-7-10-9/h1-18H;2*1-7H. The molecule has 9 rings (SSSR count). The molecule has 2 aromatic heterocycles. The largest absolute Gasteiger partial charge is 0.256 e. The second kappa shape index (κ2) is 13.7. The van der Waals surface area contributed by atoms with Gasteiger partial charge in [-0.1, -0.05) is 158 Å². The number of nitrogens with zero attached hydrogens (tertiary/aromatic N) is 2. The summed E-state index contributed by atoms with van der Waals surface area (Å²) in [5.41, 5.74) is 7.28. The lowest BCUT2D eigenvalue weighted by atomic mass is 9.86. The molecular weight excluding hydrogens is 556 g/mol. The Bertz CT molecular complexity index is 2010. The number of pyridine rings is 2. The van der Waals surface area contributed by atoms with Gasteiger partial charge in [0.05, 0.1) is 11.0 Å². The van der Waals surface area contributed by atoms with Gasteiger partial charge in [-0.3, -0.25) is 9.97 Å². The molecule has 0 saturated heterocycles. The van der Waals surface area contributed by atoms with Crippen LogP contribution in [0.4, 0.5) is 0 Å². The zero-order chi connectivity index (χ0) is 31.0. The minimum Gasteiger partial charge on any atom is -0.256 e. The van der Waals surface area contributed by atoms with Crippen LogP contribution in [0.2, 0.25) is 0 Å². The van der Waals surface area contributed by atoms with Crippen molar-refractivity contribution < 1.29 is 0 Å². The summed E-state index contributed by atoms with van der Waals surface area (Å²) in [5, 5.41) is 7.61. The van der Waals surface area contributed by atoms with E-state index in [-0.39, 0.29) is 0 Å². The molecule has 0 fully saturated rings. The topological polar surface area (TPSA) is 25.8 Å². The van der Waals surface area contributed by atoms with E-state index in [4.69, 9.17) is 0 Å². The van der Waals surface area contributed by atoms with Crippen LogP contribution in [0, 0.1) is 0 Å². The predicted octanol–water partition coefficient (Wildman–Crippen LogP) is 11.8. The van der Waals surface area contributed by atoms with Gasteiger partial charge in [0, 0.05) is 23.2 Å². The summed E-state index contributed by atoms with van der Waals surface area (Å²) < 4.78 is 0. The van der Waals surface area contributed by atoms with E-state index >= 15 is 0 Å². The number of hydrogen-bond acceptors (Lipinski definition) is 2. The molecule has 0 aliphatic rings. The van der Waals surface area contributed by atoms with E-state index in [1.54, 1.807) is 0 Å². The first kappa shape index (κ1) is 28.6. The molecule has 9 aromatic rings. The molecule has 0 amide bonds. The molecule has 2 heterocycles. The lowest BCUT2D eigenvalue weighted by molar-refractivity contribution is 1.41. The van der Waals surface area contributed by atoms with Gasteiger partial charge in [0.2, 0.25) is 0 Å². The summed E-state index contributed by atoms with van der Waals surface area (Å²) in [6.45, 7) is 0. The maximum absolute atomic E-state index is 4.18. The molecule has 0 spiro atoms. The maximum atomic E-state index is 4.18. The number of para-hydroxylation sites is 2. The molecule has 0 N–H and O–H groups in total. The van der Waals surface area contributed by atoms with Crippen LogP contribution in [-0.2, 0) is 0 Å². The van der Waals surface area contributed by atoms with Gasteiger partial charge >= 0.3 is 0 Å². The first-order valence-corrected chi connectivity index (χ1v) is 15.5. The highest BCUT2D eigenvalue weighted by Crippen LogP contribution is 2.43.